The van der Waals surface area contributed by atoms with Gasteiger partial charge >= 0.3 is 0 Å². The van der Waals surface area contributed by atoms with E-state index >= 15 is 0 Å². The van der Waals surface area contributed by atoms with Crippen LogP contribution in [-0.4, -0.2) is 42.1 Å². The molecule has 1 saturated heterocycles. The molecule has 2 heterocycles. The first-order valence-corrected chi connectivity index (χ1v) is 9.45. The molecule has 0 saturated carbocycles. The van der Waals surface area contributed by atoms with Crippen molar-refractivity contribution in [1.82, 2.24) is 9.97 Å². The van der Waals surface area contributed by atoms with Gasteiger partial charge in [0.25, 0.3) is 5.91 Å². The molecular formula is C20H27N5O. The Morgan fingerprint density at radius 1 is 1.08 bits per heavy atom. The number of benzene rings is 1. The third-order valence-electron chi connectivity index (χ3n) is 4.77. The maximum atomic E-state index is 12.5. The van der Waals surface area contributed by atoms with Crippen molar-refractivity contribution in [2.75, 3.05) is 41.3 Å². The molecule has 0 radical (unpaired) electrons. The molecule has 26 heavy (non-hydrogen) atoms. The fraction of sp³-hybridized carbons (Fsp3) is 0.450. The van der Waals surface area contributed by atoms with Crippen molar-refractivity contribution in [2.24, 2.45) is 0 Å². The first-order chi connectivity index (χ1) is 12.7. The number of carbonyl (C=O) groups excluding carboxylic acids is 1. The first kappa shape index (κ1) is 18.2. The zero-order valence-corrected chi connectivity index (χ0v) is 15.6. The lowest BCUT2D eigenvalue weighted by atomic mass is 10.1. The van der Waals surface area contributed by atoms with Crippen LogP contribution in [-0.2, 0) is 0 Å². The third kappa shape index (κ3) is 4.31. The number of nitrogens with one attached hydrogen (secondary N) is 1. The Balaban J connectivity index is 1.68. The molecule has 1 aliphatic rings. The number of nitrogens with zero attached hydrogens (tertiary/aromatic N) is 4. The highest BCUT2D eigenvalue weighted by atomic mass is 16.1. The molecule has 6 nitrogen and oxygen atoms in total. The minimum atomic E-state index is -0.207. The number of amides is 1. The Labute approximate surface area is 155 Å². The van der Waals surface area contributed by atoms with Gasteiger partial charge in [-0.3, -0.25) is 4.79 Å². The second-order valence-electron chi connectivity index (χ2n) is 6.46. The molecular weight excluding hydrogens is 326 g/mol. The van der Waals surface area contributed by atoms with Gasteiger partial charge in [-0.2, -0.15) is 0 Å². The molecule has 1 aliphatic heterocycles. The lowest BCUT2D eigenvalue weighted by Gasteiger charge is -2.26. The summed E-state index contributed by atoms with van der Waals surface area (Å²) in [5, 5.41) is 2.92. The van der Waals surface area contributed by atoms with E-state index < -0.39 is 0 Å². The summed E-state index contributed by atoms with van der Waals surface area (Å²) in [5.41, 5.74) is 2.32. The summed E-state index contributed by atoms with van der Waals surface area (Å²) in [4.78, 5) is 25.8. The van der Waals surface area contributed by atoms with Crippen LogP contribution in [0.4, 0.5) is 17.3 Å². The van der Waals surface area contributed by atoms with Gasteiger partial charge in [-0.05, 0) is 63.4 Å². The molecule has 0 atom stereocenters. The van der Waals surface area contributed by atoms with Crippen molar-refractivity contribution >= 4 is 23.2 Å². The molecule has 0 aliphatic carbocycles. The number of piperidine rings is 1. The number of anilines is 3. The van der Waals surface area contributed by atoms with Crippen LogP contribution in [0.15, 0.2) is 36.5 Å². The Bertz CT molecular complexity index is 721. The van der Waals surface area contributed by atoms with Crippen molar-refractivity contribution in [3.63, 3.8) is 0 Å². The highest BCUT2D eigenvalue weighted by molar-refractivity contribution is 6.03. The SMILES string of the molecule is CCN(CC)c1ccc(NC(=O)c2ccnc(N3CCCCC3)n2)cc1. The predicted molar refractivity (Wildman–Crippen MR) is 106 cm³/mol. The van der Waals surface area contributed by atoms with Gasteiger partial charge in [0.2, 0.25) is 5.95 Å². The molecule has 0 bridgehead atoms. The topological polar surface area (TPSA) is 61.4 Å². The standard InChI is InChI=1S/C20H27N5O/c1-3-24(4-2)17-10-8-16(9-11-17)22-19(26)18-12-13-21-20(23-18)25-14-6-5-7-15-25/h8-13H,3-7,14-15H2,1-2H3,(H,22,26). The van der Waals surface area contributed by atoms with Crippen LogP contribution in [0.25, 0.3) is 0 Å². The lowest BCUT2D eigenvalue weighted by Crippen LogP contribution is -2.31. The van der Waals surface area contributed by atoms with Gasteiger partial charge in [-0.1, -0.05) is 0 Å². The quantitative estimate of drug-likeness (QED) is 0.860. The van der Waals surface area contributed by atoms with E-state index in [1.165, 1.54) is 6.42 Å². The summed E-state index contributed by atoms with van der Waals surface area (Å²) in [6, 6.07) is 9.58. The van der Waals surface area contributed by atoms with Crippen LogP contribution < -0.4 is 15.1 Å². The van der Waals surface area contributed by atoms with Crippen LogP contribution in [0, 0.1) is 0 Å². The highest BCUT2D eigenvalue weighted by Gasteiger charge is 2.16. The van der Waals surface area contributed by atoms with Crippen molar-refractivity contribution in [3.8, 4) is 0 Å². The minimum Gasteiger partial charge on any atom is -0.372 e. The number of hydrogen-bond donors (Lipinski definition) is 1. The summed E-state index contributed by atoms with van der Waals surface area (Å²) in [6.07, 6.45) is 5.22. The molecule has 1 fully saturated rings. The van der Waals surface area contributed by atoms with Crippen LogP contribution in [0.3, 0.4) is 0 Å². The average Bonchev–Trinajstić information content (AvgIpc) is 2.71. The summed E-state index contributed by atoms with van der Waals surface area (Å²) in [6.45, 7) is 8.10. The molecule has 6 heteroatoms. The Morgan fingerprint density at radius 3 is 2.42 bits per heavy atom. The van der Waals surface area contributed by atoms with Gasteiger partial charge in [0.1, 0.15) is 5.69 Å². The van der Waals surface area contributed by atoms with E-state index in [0.29, 0.717) is 11.6 Å². The number of carbonyl (C=O) groups is 1. The molecule has 0 spiro atoms. The van der Waals surface area contributed by atoms with E-state index in [-0.39, 0.29) is 5.91 Å². The van der Waals surface area contributed by atoms with Gasteiger partial charge in [0.15, 0.2) is 0 Å². The van der Waals surface area contributed by atoms with Gasteiger partial charge in [0.05, 0.1) is 0 Å². The fourth-order valence-corrected chi connectivity index (χ4v) is 3.26. The maximum absolute atomic E-state index is 12.5. The van der Waals surface area contributed by atoms with Crippen molar-refractivity contribution < 1.29 is 4.79 Å². The molecule has 2 aromatic rings. The van der Waals surface area contributed by atoms with Gasteiger partial charge in [-0.15, -0.1) is 0 Å². The van der Waals surface area contributed by atoms with Crippen LogP contribution in [0.1, 0.15) is 43.6 Å². The van der Waals surface area contributed by atoms with Crippen molar-refractivity contribution in [1.29, 1.82) is 0 Å². The molecule has 0 unspecified atom stereocenters. The van der Waals surface area contributed by atoms with Gasteiger partial charge in [0, 0.05) is 43.8 Å². The van der Waals surface area contributed by atoms with E-state index in [1.54, 1.807) is 12.3 Å². The van der Waals surface area contributed by atoms with E-state index in [1.807, 2.05) is 24.3 Å². The first-order valence-electron chi connectivity index (χ1n) is 9.45. The largest absolute Gasteiger partial charge is 0.372 e. The number of aromatic nitrogens is 2. The van der Waals surface area contributed by atoms with Crippen molar-refractivity contribution in [2.45, 2.75) is 33.1 Å². The molecule has 1 aromatic carbocycles. The summed E-state index contributed by atoms with van der Waals surface area (Å²) in [7, 11) is 0. The highest BCUT2D eigenvalue weighted by Crippen LogP contribution is 2.19. The summed E-state index contributed by atoms with van der Waals surface area (Å²) >= 11 is 0. The molecule has 1 amide bonds. The van der Waals surface area contributed by atoms with Crippen molar-refractivity contribution in [3.05, 3.63) is 42.2 Å². The van der Waals surface area contributed by atoms with Crippen LogP contribution in [0.5, 0.6) is 0 Å². The van der Waals surface area contributed by atoms with E-state index in [9.17, 15) is 4.79 Å². The zero-order chi connectivity index (χ0) is 18.4. The Morgan fingerprint density at radius 2 is 1.77 bits per heavy atom. The van der Waals surface area contributed by atoms with E-state index in [4.69, 9.17) is 0 Å². The molecule has 3 rings (SSSR count). The zero-order valence-electron chi connectivity index (χ0n) is 15.6. The smallest absolute Gasteiger partial charge is 0.274 e. The van der Waals surface area contributed by atoms with Crippen LogP contribution >= 0.6 is 0 Å². The lowest BCUT2D eigenvalue weighted by molar-refractivity contribution is 0.102. The summed E-state index contributed by atoms with van der Waals surface area (Å²) < 4.78 is 0. The Hall–Kier alpha value is -2.63. The van der Waals surface area contributed by atoms with E-state index in [0.717, 1.165) is 50.4 Å². The van der Waals surface area contributed by atoms with Gasteiger partial charge < -0.3 is 15.1 Å². The predicted octanol–water partition coefficient (Wildman–Crippen LogP) is 3.57. The minimum absolute atomic E-state index is 0.207. The molecule has 138 valence electrons. The number of hydrogen-bond acceptors (Lipinski definition) is 5. The summed E-state index contributed by atoms with van der Waals surface area (Å²) in [5.74, 6) is 0.440. The molecule has 1 aromatic heterocycles. The monoisotopic (exact) mass is 353 g/mol. The number of rotatable bonds is 6. The second kappa shape index (κ2) is 8.65. The van der Waals surface area contributed by atoms with Crippen LogP contribution in [0.2, 0.25) is 0 Å². The maximum Gasteiger partial charge on any atom is 0.274 e. The fourth-order valence-electron chi connectivity index (χ4n) is 3.26. The van der Waals surface area contributed by atoms with Gasteiger partial charge in [-0.25, -0.2) is 9.97 Å². The normalized spacial score (nSPS) is 14.2. The molecule has 1 N–H and O–H groups in total. The third-order valence-corrected chi connectivity index (χ3v) is 4.77. The average molecular weight is 353 g/mol. The second-order valence-corrected chi connectivity index (χ2v) is 6.46. The Kier molecular flexibility index (Phi) is 6.04. The van der Waals surface area contributed by atoms with E-state index in [2.05, 4.69) is 38.9 Å².